The van der Waals surface area contributed by atoms with Gasteiger partial charge in [0.15, 0.2) is 0 Å². The van der Waals surface area contributed by atoms with Crippen molar-refractivity contribution in [1.29, 1.82) is 0 Å². The number of hydrogen-bond acceptors (Lipinski definition) is 2. The summed E-state index contributed by atoms with van der Waals surface area (Å²) < 4.78 is 4.89. The predicted octanol–water partition coefficient (Wildman–Crippen LogP) is 2.16. The van der Waals surface area contributed by atoms with Gasteiger partial charge in [0.25, 0.3) is 0 Å². The summed E-state index contributed by atoms with van der Waals surface area (Å²) in [6.45, 7) is 0.984. The fourth-order valence-corrected chi connectivity index (χ4v) is 1.79. The SMILES string of the molecule is O=C1NCC(c2ccccc2Cl)CO1. The average Bonchev–Trinajstić information content (AvgIpc) is 2.20. The van der Waals surface area contributed by atoms with Gasteiger partial charge in [0.1, 0.15) is 6.61 Å². The number of halogens is 1. The van der Waals surface area contributed by atoms with E-state index in [-0.39, 0.29) is 12.0 Å². The van der Waals surface area contributed by atoms with Crippen LogP contribution < -0.4 is 5.32 Å². The molecule has 1 N–H and O–H groups in total. The zero-order chi connectivity index (χ0) is 9.97. The average molecular weight is 212 g/mol. The van der Waals surface area contributed by atoms with Crippen LogP contribution in [0.4, 0.5) is 4.79 Å². The molecule has 1 atom stereocenters. The van der Waals surface area contributed by atoms with Crippen molar-refractivity contribution in [3.05, 3.63) is 34.9 Å². The smallest absolute Gasteiger partial charge is 0.407 e. The maximum atomic E-state index is 10.8. The van der Waals surface area contributed by atoms with E-state index in [4.69, 9.17) is 16.3 Å². The molecule has 1 aromatic carbocycles. The van der Waals surface area contributed by atoms with Gasteiger partial charge in [0.2, 0.25) is 0 Å². The Morgan fingerprint density at radius 2 is 2.21 bits per heavy atom. The van der Waals surface area contributed by atoms with Crippen LogP contribution in [0.2, 0.25) is 5.02 Å². The van der Waals surface area contributed by atoms with Gasteiger partial charge in [-0.05, 0) is 11.6 Å². The van der Waals surface area contributed by atoms with Gasteiger partial charge < -0.3 is 10.1 Å². The summed E-state index contributed by atoms with van der Waals surface area (Å²) in [6, 6.07) is 7.60. The monoisotopic (exact) mass is 211 g/mol. The van der Waals surface area contributed by atoms with Gasteiger partial charge in [0, 0.05) is 17.5 Å². The summed E-state index contributed by atoms with van der Waals surface area (Å²) in [4.78, 5) is 10.8. The molecular weight excluding hydrogens is 202 g/mol. The molecule has 0 aliphatic carbocycles. The molecular formula is C10H10ClNO2. The number of hydrogen-bond donors (Lipinski definition) is 1. The molecule has 0 aromatic heterocycles. The fraction of sp³-hybridized carbons (Fsp3) is 0.300. The van der Waals surface area contributed by atoms with Crippen molar-refractivity contribution in [2.45, 2.75) is 5.92 Å². The Balaban J connectivity index is 2.16. The Hall–Kier alpha value is -1.22. The summed E-state index contributed by atoms with van der Waals surface area (Å²) in [5.74, 6) is 0.154. The van der Waals surface area contributed by atoms with Gasteiger partial charge in [-0.15, -0.1) is 0 Å². The number of carbonyl (C=O) groups excluding carboxylic acids is 1. The van der Waals surface area contributed by atoms with Crippen molar-refractivity contribution < 1.29 is 9.53 Å². The van der Waals surface area contributed by atoms with Crippen molar-refractivity contribution >= 4 is 17.7 Å². The zero-order valence-corrected chi connectivity index (χ0v) is 8.25. The lowest BCUT2D eigenvalue weighted by molar-refractivity contribution is 0.120. The van der Waals surface area contributed by atoms with E-state index in [0.29, 0.717) is 13.2 Å². The first-order chi connectivity index (χ1) is 6.77. The maximum Gasteiger partial charge on any atom is 0.407 e. The van der Waals surface area contributed by atoms with Crippen LogP contribution in [0.1, 0.15) is 11.5 Å². The van der Waals surface area contributed by atoms with Crippen molar-refractivity contribution in [3.63, 3.8) is 0 Å². The zero-order valence-electron chi connectivity index (χ0n) is 7.50. The molecule has 3 nitrogen and oxygen atoms in total. The van der Waals surface area contributed by atoms with E-state index in [2.05, 4.69) is 5.32 Å². The topological polar surface area (TPSA) is 38.3 Å². The van der Waals surface area contributed by atoms with Crippen LogP contribution in [0.5, 0.6) is 0 Å². The van der Waals surface area contributed by atoms with Crippen LogP contribution in [-0.4, -0.2) is 19.2 Å². The van der Waals surface area contributed by atoms with Gasteiger partial charge in [-0.1, -0.05) is 29.8 Å². The summed E-state index contributed by atoms with van der Waals surface area (Å²) >= 11 is 6.03. The number of alkyl carbamates (subject to hydrolysis) is 1. The number of benzene rings is 1. The third kappa shape index (κ3) is 1.82. The number of ether oxygens (including phenoxy) is 1. The second-order valence-corrected chi connectivity index (χ2v) is 3.60. The highest BCUT2D eigenvalue weighted by Gasteiger charge is 2.21. The number of nitrogens with one attached hydrogen (secondary N) is 1. The molecule has 1 aliphatic rings. The Morgan fingerprint density at radius 3 is 2.86 bits per heavy atom. The van der Waals surface area contributed by atoms with Gasteiger partial charge in [-0.25, -0.2) is 4.79 Å². The quantitative estimate of drug-likeness (QED) is 0.773. The van der Waals surface area contributed by atoms with E-state index in [1.807, 2.05) is 24.3 Å². The molecule has 1 aromatic rings. The molecule has 74 valence electrons. The number of carbonyl (C=O) groups is 1. The van der Waals surface area contributed by atoms with E-state index in [9.17, 15) is 4.79 Å². The van der Waals surface area contributed by atoms with Crippen LogP contribution in [0.25, 0.3) is 0 Å². The molecule has 4 heteroatoms. The minimum atomic E-state index is -0.353. The predicted molar refractivity (Wildman–Crippen MR) is 53.5 cm³/mol. The molecule has 14 heavy (non-hydrogen) atoms. The van der Waals surface area contributed by atoms with Crippen LogP contribution in [0.3, 0.4) is 0 Å². The van der Waals surface area contributed by atoms with E-state index in [1.165, 1.54) is 0 Å². The highest BCUT2D eigenvalue weighted by molar-refractivity contribution is 6.31. The van der Waals surface area contributed by atoms with Crippen LogP contribution in [-0.2, 0) is 4.74 Å². The van der Waals surface area contributed by atoms with E-state index in [0.717, 1.165) is 10.6 Å². The summed E-state index contributed by atoms with van der Waals surface area (Å²) in [7, 11) is 0. The van der Waals surface area contributed by atoms with Crippen LogP contribution >= 0.6 is 11.6 Å². The molecule has 0 radical (unpaired) electrons. The second-order valence-electron chi connectivity index (χ2n) is 3.20. The first-order valence-corrected chi connectivity index (χ1v) is 4.80. The lowest BCUT2D eigenvalue weighted by Gasteiger charge is -2.23. The Kier molecular flexibility index (Phi) is 2.59. The fourth-order valence-electron chi connectivity index (χ4n) is 1.50. The molecule has 1 aliphatic heterocycles. The first-order valence-electron chi connectivity index (χ1n) is 4.42. The molecule has 0 bridgehead atoms. The van der Waals surface area contributed by atoms with Gasteiger partial charge >= 0.3 is 6.09 Å². The first kappa shape index (κ1) is 9.34. The Morgan fingerprint density at radius 1 is 1.43 bits per heavy atom. The highest BCUT2D eigenvalue weighted by atomic mass is 35.5. The molecule has 1 amide bonds. The molecule has 1 saturated heterocycles. The van der Waals surface area contributed by atoms with Crippen molar-refractivity contribution in [1.82, 2.24) is 5.32 Å². The summed E-state index contributed by atoms with van der Waals surface area (Å²) in [5, 5.41) is 3.36. The van der Waals surface area contributed by atoms with Crippen molar-refractivity contribution in [2.24, 2.45) is 0 Å². The normalized spacial score (nSPS) is 21.2. The lowest BCUT2D eigenvalue weighted by Crippen LogP contribution is -2.37. The summed E-state index contributed by atoms with van der Waals surface area (Å²) in [6.07, 6.45) is -0.353. The van der Waals surface area contributed by atoms with Crippen molar-refractivity contribution in [3.8, 4) is 0 Å². The minimum Gasteiger partial charge on any atom is -0.449 e. The highest BCUT2D eigenvalue weighted by Crippen LogP contribution is 2.25. The third-order valence-corrected chi connectivity index (χ3v) is 2.60. The molecule has 1 heterocycles. The number of cyclic esters (lactones) is 1. The van der Waals surface area contributed by atoms with Gasteiger partial charge in [-0.2, -0.15) is 0 Å². The largest absolute Gasteiger partial charge is 0.449 e. The van der Waals surface area contributed by atoms with Crippen LogP contribution in [0.15, 0.2) is 24.3 Å². The van der Waals surface area contributed by atoms with Crippen LogP contribution in [0, 0.1) is 0 Å². The van der Waals surface area contributed by atoms with E-state index < -0.39 is 0 Å². The van der Waals surface area contributed by atoms with Gasteiger partial charge in [0.05, 0.1) is 0 Å². The standard InChI is InChI=1S/C10H10ClNO2/c11-9-4-2-1-3-8(9)7-5-12-10(13)14-6-7/h1-4,7H,5-6H2,(H,12,13). The minimum absolute atomic E-state index is 0.154. The Labute approximate surface area is 87.0 Å². The van der Waals surface area contributed by atoms with E-state index >= 15 is 0 Å². The molecule has 1 unspecified atom stereocenters. The molecule has 0 saturated carbocycles. The summed E-state index contributed by atoms with van der Waals surface area (Å²) in [5.41, 5.74) is 1.02. The lowest BCUT2D eigenvalue weighted by atomic mass is 9.99. The van der Waals surface area contributed by atoms with E-state index in [1.54, 1.807) is 0 Å². The second kappa shape index (κ2) is 3.88. The molecule has 1 fully saturated rings. The third-order valence-electron chi connectivity index (χ3n) is 2.25. The molecule has 0 spiro atoms. The Bertz CT molecular complexity index is 344. The van der Waals surface area contributed by atoms with Crippen molar-refractivity contribution in [2.75, 3.05) is 13.2 Å². The molecule has 2 rings (SSSR count). The number of rotatable bonds is 1. The number of amides is 1. The van der Waals surface area contributed by atoms with Gasteiger partial charge in [-0.3, -0.25) is 0 Å². The maximum absolute atomic E-state index is 10.8.